The van der Waals surface area contributed by atoms with Gasteiger partial charge in [0.1, 0.15) is 6.10 Å². The molecule has 2 bridgehead atoms. The maximum absolute atomic E-state index is 12.0. The predicted molar refractivity (Wildman–Crippen MR) is 99.2 cm³/mol. The normalized spacial score (nSPS) is 51.5. The van der Waals surface area contributed by atoms with Gasteiger partial charge in [0.05, 0.1) is 12.2 Å². The minimum atomic E-state index is -1.18. The number of carbonyl (C=O) groups is 1. The minimum Gasteiger partial charge on any atom is -0.461 e. The number of esters is 1. The molecule has 0 heterocycles. The molecule has 1 spiro atoms. The van der Waals surface area contributed by atoms with Gasteiger partial charge in [-0.25, -0.2) is 0 Å². The third kappa shape index (κ3) is 2.30. The van der Waals surface area contributed by atoms with Crippen LogP contribution in [0.15, 0.2) is 12.2 Å². The lowest BCUT2D eigenvalue weighted by Gasteiger charge is -2.69. The molecule has 0 amide bonds. The van der Waals surface area contributed by atoms with Gasteiger partial charge in [0.2, 0.25) is 0 Å². The summed E-state index contributed by atoms with van der Waals surface area (Å²) >= 11 is 0. The van der Waals surface area contributed by atoms with E-state index in [2.05, 4.69) is 26.8 Å². The Morgan fingerprint density at radius 3 is 2.62 bits per heavy atom. The second kappa shape index (κ2) is 5.57. The summed E-state index contributed by atoms with van der Waals surface area (Å²) in [6, 6.07) is 0. The molecule has 5 aliphatic carbocycles. The van der Waals surface area contributed by atoms with Crippen molar-refractivity contribution < 1.29 is 19.7 Å². The number of aliphatic hydroxyl groups is 2. The van der Waals surface area contributed by atoms with Crippen molar-refractivity contribution in [1.82, 2.24) is 0 Å². The van der Waals surface area contributed by atoms with Gasteiger partial charge in [-0.3, -0.25) is 4.79 Å². The van der Waals surface area contributed by atoms with Crippen molar-refractivity contribution in [3.05, 3.63) is 12.2 Å². The number of hydrogen-bond acceptors (Lipinski definition) is 4. The van der Waals surface area contributed by atoms with Crippen LogP contribution in [-0.2, 0) is 9.53 Å². The summed E-state index contributed by atoms with van der Waals surface area (Å²) in [5, 5.41) is 21.1. The fourth-order valence-electron chi connectivity index (χ4n) is 7.91. The number of rotatable bonds is 2. The van der Waals surface area contributed by atoms with Gasteiger partial charge in [-0.15, -0.1) is 0 Å². The molecule has 5 aliphatic rings. The average molecular weight is 363 g/mol. The zero-order valence-corrected chi connectivity index (χ0v) is 16.6. The molecular weight excluding hydrogens is 328 g/mol. The largest absolute Gasteiger partial charge is 0.461 e. The van der Waals surface area contributed by atoms with E-state index in [-0.39, 0.29) is 41.3 Å². The molecule has 4 heteroatoms. The van der Waals surface area contributed by atoms with Crippen molar-refractivity contribution in [3.8, 4) is 0 Å². The van der Waals surface area contributed by atoms with E-state index in [9.17, 15) is 15.0 Å². The van der Waals surface area contributed by atoms with Gasteiger partial charge in [-0.1, -0.05) is 39.3 Å². The zero-order valence-electron chi connectivity index (χ0n) is 16.6. The molecule has 0 aromatic carbocycles. The molecule has 2 N–H and O–H groups in total. The van der Waals surface area contributed by atoms with Crippen LogP contribution >= 0.6 is 0 Å². The molecule has 7 atom stereocenters. The first-order valence-electron chi connectivity index (χ1n) is 10.3. The Balaban J connectivity index is 1.83. The quantitative estimate of drug-likeness (QED) is 0.583. The minimum absolute atomic E-state index is 0.0971. The molecule has 26 heavy (non-hydrogen) atoms. The molecule has 0 aliphatic heterocycles. The van der Waals surface area contributed by atoms with Crippen LogP contribution in [0.25, 0.3) is 0 Å². The van der Waals surface area contributed by atoms with Crippen LogP contribution in [0.4, 0.5) is 0 Å². The molecule has 146 valence electrons. The number of carbonyl (C=O) groups excluding carboxylic acids is 1. The number of ether oxygens (including phenoxy) is 1. The Morgan fingerprint density at radius 2 is 1.96 bits per heavy atom. The number of fused-ring (bicyclic) bond motifs is 2. The van der Waals surface area contributed by atoms with Gasteiger partial charge in [0.15, 0.2) is 0 Å². The molecule has 3 saturated carbocycles. The fraction of sp³-hybridized carbons (Fsp3) is 0.864. The molecule has 0 aromatic rings. The van der Waals surface area contributed by atoms with Gasteiger partial charge >= 0.3 is 5.97 Å². The fourth-order valence-corrected chi connectivity index (χ4v) is 7.91. The Bertz CT molecular complexity index is 640. The third-order valence-electron chi connectivity index (χ3n) is 8.65. The van der Waals surface area contributed by atoms with Gasteiger partial charge in [-0.2, -0.15) is 0 Å². The van der Waals surface area contributed by atoms with Gasteiger partial charge in [0, 0.05) is 18.8 Å². The van der Waals surface area contributed by atoms with Crippen molar-refractivity contribution in [3.63, 3.8) is 0 Å². The third-order valence-corrected chi connectivity index (χ3v) is 8.65. The van der Waals surface area contributed by atoms with Crippen LogP contribution in [0.5, 0.6) is 0 Å². The van der Waals surface area contributed by atoms with Crippen LogP contribution in [0, 0.1) is 34.0 Å². The predicted octanol–water partition coefficient (Wildman–Crippen LogP) is 3.46. The standard InChI is InChI=1S/C22H34O4/c1-14(24)26-17-15-6-10-21(12-22(15,25)13-23)11-7-16-19(2,3)8-5-9-20(16,4)18(17)21/h6,10,15-18,23,25H,5,7-9,11-13H2,1-4H3/t15?,16?,17-,18?,20-,21?,22-/m1/s1. The second-order valence-electron chi connectivity index (χ2n) is 10.5. The summed E-state index contributed by atoms with van der Waals surface area (Å²) in [5.74, 6) is 0.225. The van der Waals surface area contributed by atoms with E-state index in [0.717, 1.165) is 19.3 Å². The molecule has 3 fully saturated rings. The van der Waals surface area contributed by atoms with E-state index in [1.165, 1.54) is 19.8 Å². The summed E-state index contributed by atoms with van der Waals surface area (Å²) in [6.07, 6.45) is 10.3. The van der Waals surface area contributed by atoms with Crippen LogP contribution in [-0.4, -0.2) is 34.5 Å². The van der Waals surface area contributed by atoms with Crippen LogP contribution in [0.1, 0.15) is 66.2 Å². The van der Waals surface area contributed by atoms with Crippen LogP contribution < -0.4 is 0 Å². The maximum atomic E-state index is 12.0. The van der Waals surface area contributed by atoms with Gasteiger partial charge in [0.25, 0.3) is 0 Å². The van der Waals surface area contributed by atoms with Crippen molar-refractivity contribution in [2.75, 3.05) is 6.61 Å². The van der Waals surface area contributed by atoms with Crippen molar-refractivity contribution in [2.45, 2.75) is 77.9 Å². The average Bonchev–Trinajstić information content (AvgIpc) is 2.52. The summed E-state index contributed by atoms with van der Waals surface area (Å²) in [6.45, 7) is 8.39. The van der Waals surface area contributed by atoms with Gasteiger partial charge in [-0.05, 0) is 54.3 Å². The van der Waals surface area contributed by atoms with Crippen molar-refractivity contribution in [1.29, 1.82) is 0 Å². The van der Waals surface area contributed by atoms with E-state index in [1.54, 1.807) is 0 Å². The van der Waals surface area contributed by atoms with Gasteiger partial charge < -0.3 is 14.9 Å². The monoisotopic (exact) mass is 362 g/mol. The maximum Gasteiger partial charge on any atom is 0.302 e. The molecule has 4 nitrogen and oxygen atoms in total. The van der Waals surface area contributed by atoms with Crippen LogP contribution in [0.2, 0.25) is 0 Å². The topological polar surface area (TPSA) is 66.8 Å². The number of hydrogen-bond donors (Lipinski definition) is 2. The van der Waals surface area contributed by atoms with E-state index < -0.39 is 5.60 Å². The number of allylic oxidation sites excluding steroid dienone is 1. The van der Waals surface area contributed by atoms with E-state index in [4.69, 9.17) is 4.74 Å². The Hall–Kier alpha value is -0.870. The first-order valence-corrected chi connectivity index (χ1v) is 10.3. The lowest BCUT2D eigenvalue weighted by Crippen LogP contribution is -2.70. The molecular formula is C22H34O4. The smallest absolute Gasteiger partial charge is 0.302 e. The van der Waals surface area contributed by atoms with E-state index in [1.807, 2.05) is 6.08 Å². The molecule has 0 aromatic heterocycles. The highest BCUT2D eigenvalue weighted by Gasteiger charge is 2.69. The van der Waals surface area contributed by atoms with E-state index in [0.29, 0.717) is 17.8 Å². The Labute approximate surface area is 157 Å². The lowest BCUT2D eigenvalue weighted by molar-refractivity contribution is -0.250. The first-order chi connectivity index (χ1) is 12.1. The molecule has 4 unspecified atom stereocenters. The van der Waals surface area contributed by atoms with Crippen molar-refractivity contribution >= 4 is 5.97 Å². The SMILES string of the molecule is CC(=O)O[C@@H]1C2C=CC3(CCC4C(C)(C)CCC[C@@]4(C)C13)C[C@@]2(O)CO. The highest BCUT2D eigenvalue weighted by atomic mass is 16.5. The number of aliphatic hydroxyl groups excluding tert-OH is 1. The van der Waals surface area contributed by atoms with E-state index >= 15 is 0 Å². The lowest BCUT2D eigenvalue weighted by atomic mass is 9.36. The van der Waals surface area contributed by atoms with Crippen molar-refractivity contribution in [2.24, 2.45) is 34.0 Å². The summed E-state index contributed by atoms with van der Waals surface area (Å²) in [5.41, 5.74) is -0.966. The summed E-state index contributed by atoms with van der Waals surface area (Å²) in [7, 11) is 0. The molecule has 0 radical (unpaired) electrons. The highest BCUT2D eigenvalue weighted by Crippen LogP contribution is 2.71. The molecule has 5 rings (SSSR count). The second-order valence-corrected chi connectivity index (χ2v) is 10.5. The zero-order chi connectivity index (χ0) is 19.0. The first kappa shape index (κ1) is 18.5. The highest BCUT2D eigenvalue weighted by molar-refractivity contribution is 5.66. The summed E-state index contributed by atoms with van der Waals surface area (Å²) < 4.78 is 5.91. The summed E-state index contributed by atoms with van der Waals surface area (Å²) in [4.78, 5) is 12.0. The Kier molecular flexibility index (Phi) is 3.96. The Morgan fingerprint density at radius 1 is 1.23 bits per heavy atom. The van der Waals surface area contributed by atoms with Crippen LogP contribution in [0.3, 0.4) is 0 Å². The molecule has 0 saturated heterocycles.